The van der Waals surface area contributed by atoms with Crippen LogP contribution in [0.3, 0.4) is 0 Å². The summed E-state index contributed by atoms with van der Waals surface area (Å²) in [6, 6.07) is 5.63. The summed E-state index contributed by atoms with van der Waals surface area (Å²) in [6.45, 7) is 0. The molecule has 3 N–H and O–H groups in total. The molecular weight excluding hydrogens is 238 g/mol. The molecule has 6 heteroatoms. The molecular formula is C11H9N3O2S. The molecule has 0 saturated carbocycles. The second-order valence-electron chi connectivity index (χ2n) is 3.60. The number of fused-ring (bicyclic) bond motifs is 1. The van der Waals surface area contributed by atoms with Crippen LogP contribution in [0.2, 0.25) is 0 Å². The Hall–Kier alpha value is -2.08. The number of thiazole rings is 1. The molecule has 1 aromatic carbocycles. The lowest BCUT2D eigenvalue weighted by atomic mass is 10.1. The number of aromatic nitrogens is 1. The van der Waals surface area contributed by atoms with E-state index in [1.165, 1.54) is 11.3 Å². The zero-order valence-electron chi connectivity index (χ0n) is 8.71. The third-order valence-corrected chi connectivity index (χ3v) is 3.15. The number of nitrogens with two attached hydrogens (primary N) is 1. The van der Waals surface area contributed by atoms with Gasteiger partial charge in [-0.1, -0.05) is 6.07 Å². The molecule has 2 aromatic rings. The first-order valence-corrected chi connectivity index (χ1v) is 5.88. The van der Waals surface area contributed by atoms with E-state index >= 15 is 0 Å². The molecule has 0 aliphatic carbocycles. The number of hydrogen-bond donors (Lipinski definition) is 2. The van der Waals surface area contributed by atoms with Gasteiger partial charge < -0.3 is 15.8 Å². The molecule has 0 saturated heterocycles. The molecule has 0 bridgehead atoms. The highest BCUT2D eigenvalue weighted by Gasteiger charge is 2.21. The van der Waals surface area contributed by atoms with E-state index in [-0.39, 0.29) is 0 Å². The summed E-state index contributed by atoms with van der Waals surface area (Å²) in [5.41, 5.74) is 8.14. The molecule has 1 aliphatic rings. The van der Waals surface area contributed by atoms with Crippen LogP contribution in [0.1, 0.15) is 0 Å². The second-order valence-corrected chi connectivity index (χ2v) is 4.49. The Morgan fingerprint density at radius 2 is 2.41 bits per heavy atom. The smallest absolute Gasteiger partial charge is 0.226 e. The van der Waals surface area contributed by atoms with E-state index in [2.05, 4.69) is 10.3 Å². The van der Waals surface area contributed by atoms with E-state index in [9.17, 15) is 4.79 Å². The molecule has 5 nitrogen and oxygen atoms in total. The Morgan fingerprint density at radius 3 is 3.12 bits per heavy atom. The number of carbonyl (C=O) groups excluding carboxylic acids is 1. The zero-order chi connectivity index (χ0) is 11.8. The SMILES string of the molecule is Nc1nc(-c2ccc3c(c2)OC(C=O)N3)cs1. The van der Waals surface area contributed by atoms with Crippen molar-refractivity contribution in [2.75, 3.05) is 11.1 Å². The van der Waals surface area contributed by atoms with Crippen LogP contribution in [-0.4, -0.2) is 17.5 Å². The number of rotatable bonds is 2. The van der Waals surface area contributed by atoms with E-state index in [0.717, 1.165) is 23.2 Å². The van der Waals surface area contributed by atoms with Crippen molar-refractivity contribution in [3.05, 3.63) is 23.6 Å². The van der Waals surface area contributed by atoms with Crippen molar-refractivity contribution >= 4 is 28.4 Å². The number of ether oxygens (including phenoxy) is 1. The van der Waals surface area contributed by atoms with E-state index in [1.54, 1.807) is 0 Å². The molecule has 86 valence electrons. The Bertz CT molecular complexity index is 582. The summed E-state index contributed by atoms with van der Waals surface area (Å²) >= 11 is 1.39. The standard InChI is InChI=1S/C11H9N3O2S/c12-11-14-8(5-17-11)6-1-2-7-9(3-6)16-10(4-15)13-7/h1-5,10,13H,(H2,12,14). The highest BCUT2D eigenvalue weighted by Crippen LogP contribution is 2.35. The van der Waals surface area contributed by atoms with Gasteiger partial charge in [0.05, 0.1) is 11.4 Å². The molecule has 3 rings (SSSR count). The molecule has 1 aliphatic heterocycles. The molecule has 17 heavy (non-hydrogen) atoms. The van der Waals surface area contributed by atoms with Crippen LogP contribution in [0.25, 0.3) is 11.3 Å². The van der Waals surface area contributed by atoms with Gasteiger partial charge in [-0.15, -0.1) is 11.3 Å². The van der Waals surface area contributed by atoms with E-state index in [1.807, 2.05) is 23.6 Å². The van der Waals surface area contributed by atoms with Gasteiger partial charge in [0, 0.05) is 10.9 Å². The molecule has 1 unspecified atom stereocenters. The lowest BCUT2D eigenvalue weighted by Crippen LogP contribution is -2.20. The quantitative estimate of drug-likeness (QED) is 0.790. The molecule has 1 atom stereocenters. The average molecular weight is 247 g/mol. The zero-order valence-corrected chi connectivity index (χ0v) is 9.53. The number of benzene rings is 1. The molecule has 1 aromatic heterocycles. The first-order valence-electron chi connectivity index (χ1n) is 5.00. The maximum Gasteiger partial charge on any atom is 0.226 e. The van der Waals surface area contributed by atoms with Crippen LogP contribution in [-0.2, 0) is 4.79 Å². The minimum absolute atomic E-state index is 0.533. The first kappa shape index (κ1) is 10.1. The van der Waals surface area contributed by atoms with E-state index in [4.69, 9.17) is 10.5 Å². The summed E-state index contributed by atoms with van der Waals surface area (Å²) in [7, 11) is 0. The lowest BCUT2D eigenvalue weighted by Gasteiger charge is -2.01. The molecule has 2 heterocycles. The number of nitrogen functional groups attached to an aromatic ring is 1. The van der Waals surface area contributed by atoms with Crippen molar-refractivity contribution in [1.82, 2.24) is 4.98 Å². The number of aldehydes is 1. The highest BCUT2D eigenvalue weighted by molar-refractivity contribution is 7.13. The second kappa shape index (κ2) is 3.74. The van der Waals surface area contributed by atoms with Crippen molar-refractivity contribution < 1.29 is 9.53 Å². The predicted octanol–water partition coefficient (Wildman–Crippen LogP) is 1.72. The van der Waals surface area contributed by atoms with Crippen LogP contribution < -0.4 is 15.8 Å². The Labute approximate surface area is 101 Å². The maximum atomic E-state index is 10.6. The van der Waals surface area contributed by atoms with Gasteiger partial charge in [-0.25, -0.2) is 4.98 Å². The summed E-state index contributed by atoms with van der Waals surface area (Å²) < 4.78 is 5.39. The average Bonchev–Trinajstić information content (AvgIpc) is 2.93. The van der Waals surface area contributed by atoms with Crippen LogP contribution >= 0.6 is 11.3 Å². The van der Waals surface area contributed by atoms with Gasteiger partial charge in [0.2, 0.25) is 6.23 Å². The largest absolute Gasteiger partial charge is 0.461 e. The lowest BCUT2D eigenvalue weighted by molar-refractivity contribution is -0.112. The maximum absolute atomic E-state index is 10.6. The van der Waals surface area contributed by atoms with Gasteiger partial charge in [-0.3, -0.25) is 4.79 Å². The van der Waals surface area contributed by atoms with Crippen molar-refractivity contribution in [2.24, 2.45) is 0 Å². The first-order chi connectivity index (χ1) is 8.26. The van der Waals surface area contributed by atoms with E-state index in [0.29, 0.717) is 10.9 Å². The van der Waals surface area contributed by atoms with Gasteiger partial charge in [-0.2, -0.15) is 0 Å². The van der Waals surface area contributed by atoms with Gasteiger partial charge in [0.1, 0.15) is 5.75 Å². The third kappa shape index (κ3) is 1.72. The van der Waals surface area contributed by atoms with Crippen LogP contribution in [0, 0.1) is 0 Å². The van der Waals surface area contributed by atoms with Crippen LogP contribution in [0.15, 0.2) is 23.6 Å². The Balaban J connectivity index is 1.98. The summed E-state index contributed by atoms with van der Waals surface area (Å²) in [6.07, 6.45) is 0.126. The number of carbonyl (C=O) groups is 1. The number of nitrogens with zero attached hydrogens (tertiary/aromatic N) is 1. The van der Waals surface area contributed by atoms with Crippen LogP contribution in [0.4, 0.5) is 10.8 Å². The Kier molecular flexibility index (Phi) is 2.22. The van der Waals surface area contributed by atoms with Gasteiger partial charge in [0.15, 0.2) is 11.4 Å². The molecule has 0 radical (unpaired) electrons. The van der Waals surface area contributed by atoms with E-state index < -0.39 is 6.23 Å². The summed E-state index contributed by atoms with van der Waals surface area (Å²) in [5.74, 6) is 0.658. The minimum atomic E-state index is -0.597. The van der Waals surface area contributed by atoms with Gasteiger partial charge >= 0.3 is 0 Å². The fraction of sp³-hybridized carbons (Fsp3) is 0.0909. The summed E-state index contributed by atoms with van der Waals surface area (Å²) in [4.78, 5) is 14.8. The molecule has 0 spiro atoms. The third-order valence-electron chi connectivity index (χ3n) is 2.47. The van der Waals surface area contributed by atoms with Crippen LogP contribution in [0.5, 0.6) is 5.75 Å². The number of anilines is 2. The normalized spacial score (nSPS) is 17.1. The van der Waals surface area contributed by atoms with Crippen molar-refractivity contribution in [3.8, 4) is 17.0 Å². The number of hydrogen-bond acceptors (Lipinski definition) is 6. The molecule has 0 fully saturated rings. The van der Waals surface area contributed by atoms with Gasteiger partial charge in [-0.05, 0) is 12.1 Å². The highest BCUT2D eigenvalue weighted by atomic mass is 32.1. The minimum Gasteiger partial charge on any atom is -0.461 e. The fourth-order valence-corrected chi connectivity index (χ4v) is 2.27. The molecule has 0 amide bonds. The monoisotopic (exact) mass is 247 g/mol. The predicted molar refractivity (Wildman–Crippen MR) is 66.1 cm³/mol. The fourth-order valence-electron chi connectivity index (χ4n) is 1.70. The Morgan fingerprint density at radius 1 is 1.53 bits per heavy atom. The van der Waals surface area contributed by atoms with Gasteiger partial charge in [0.25, 0.3) is 0 Å². The number of nitrogens with one attached hydrogen (secondary N) is 1. The summed E-state index contributed by atoms with van der Waals surface area (Å²) in [5, 5.41) is 5.35. The van der Waals surface area contributed by atoms with Crippen molar-refractivity contribution in [3.63, 3.8) is 0 Å². The van der Waals surface area contributed by atoms with Crippen molar-refractivity contribution in [2.45, 2.75) is 6.23 Å². The topological polar surface area (TPSA) is 77.2 Å². The van der Waals surface area contributed by atoms with Crippen molar-refractivity contribution in [1.29, 1.82) is 0 Å².